The Kier molecular flexibility index (Phi) is 4.16. The zero-order chi connectivity index (χ0) is 17.7. The van der Waals surface area contributed by atoms with Gasteiger partial charge in [0.1, 0.15) is 4.83 Å². The fourth-order valence-corrected chi connectivity index (χ4v) is 5.45. The predicted octanol–water partition coefficient (Wildman–Crippen LogP) is 3.82. The van der Waals surface area contributed by atoms with E-state index >= 15 is 0 Å². The van der Waals surface area contributed by atoms with Gasteiger partial charge in [0.2, 0.25) is 0 Å². The van der Waals surface area contributed by atoms with Gasteiger partial charge in [0.05, 0.1) is 18.1 Å². The van der Waals surface area contributed by atoms with Crippen molar-refractivity contribution >= 4 is 33.8 Å². The minimum atomic E-state index is 0.0365. The van der Waals surface area contributed by atoms with Gasteiger partial charge in [-0.3, -0.25) is 14.0 Å². The molecule has 0 saturated carbocycles. The number of fused-ring (bicyclic) bond motifs is 3. The molecule has 25 heavy (non-hydrogen) atoms. The van der Waals surface area contributed by atoms with Crippen LogP contribution in [0.1, 0.15) is 42.0 Å². The van der Waals surface area contributed by atoms with Crippen molar-refractivity contribution in [1.29, 1.82) is 0 Å². The van der Waals surface area contributed by atoms with Crippen LogP contribution in [-0.4, -0.2) is 19.3 Å². The third kappa shape index (κ3) is 2.69. The Morgan fingerprint density at radius 2 is 2.28 bits per heavy atom. The summed E-state index contributed by atoms with van der Waals surface area (Å²) in [5, 5.41) is 5.23. The molecular weight excluding hydrogens is 352 g/mol. The molecule has 0 aliphatic heterocycles. The molecule has 132 valence electrons. The maximum atomic E-state index is 13.2. The largest absolute Gasteiger partial charge is 0.323 e. The van der Waals surface area contributed by atoms with Crippen molar-refractivity contribution in [1.82, 2.24) is 19.3 Å². The van der Waals surface area contributed by atoms with Gasteiger partial charge in [-0.05, 0) is 56.8 Å². The maximum Gasteiger partial charge on any atom is 0.263 e. The van der Waals surface area contributed by atoms with E-state index in [9.17, 15) is 4.79 Å². The maximum absolute atomic E-state index is 13.2. The number of thiophene rings is 1. The summed E-state index contributed by atoms with van der Waals surface area (Å²) in [7, 11) is 0. The van der Waals surface area contributed by atoms with Gasteiger partial charge in [0, 0.05) is 22.7 Å². The summed E-state index contributed by atoms with van der Waals surface area (Å²) < 4.78 is 4.12. The second-order valence-corrected chi connectivity index (χ2v) is 8.44. The fraction of sp³-hybridized carbons (Fsp3) is 0.500. The first-order valence-corrected chi connectivity index (χ1v) is 10.0. The van der Waals surface area contributed by atoms with E-state index in [1.165, 1.54) is 10.4 Å². The number of aromatic amines is 1. The van der Waals surface area contributed by atoms with Crippen molar-refractivity contribution in [2.24, 2.45) is 5.92 Å². The standard InChI is InChI=1S/C18H22N4OS2/c1-4-22-11(3)12(8-19-22)9-21-17(23)15-13-6-5-10(2)7-14(13)25-16(15)20-18(21)24/h8,10H,4-7,9H2,1-3H3,(H,20,24). The molecule has 1 unspecified atom stereocenters. The second-order valence-electron chi connectivity index (χ2n) is 6.95. The Labute approximate surface area is 155 Å². The van der Waals surface area contributed by atoms with E-state index in [2.05, 4.69) is 23.9 Å². The van der Waals surface area contributed by atoms with Crippen LogP contribution < -0.4 is 5.56 Å². The first-order chi connectivity index (χ1) is 12.0. The zero-order valence-electron chi connectivity index (χ0n) is 14.8. The van der Waals surface area contributed by atoms with Gasteiger partial charge in [-0.1, -0.05) is 6.92 Å². The van der Waals surface area contributed by atoms with Crippen LogP contribution in [0.2, 0.25) is 0 Å². The fourth-order valence-electron chi connectivity index (χ4n) is 3.73. The number of aryl methyl sites for hydroxylation is 2. The highest BCUT2D eigenvalue weighted by atomic mass is 32.1. The molecule has 0 saturated heterocycles. The molecule has 1 aliphatic carbocycles. The minimum absolute atomic E-state index is 0.0365. The molecule has 0 aromatic carbocycles. The second kappa shape index (κ2) is 6.21. The normalized spacial score (nSPS) is 17.2. The van der Waals surface area contributed by atoms with Crippen molar-refractivity contribution in [3.63, 3.8) is 0 Å². The molecule has 3 aromatic heterocycles. The highest BCUT2D eigenvalue weighted by Crippen LogP contribution is 2.35. The van der Waals surface area contributed by atoms with E-state index in [-0.39, 0.29) is 5.56 Å². The number of nitrogens with zero attached hydrogens (tertiary/aromatic N) is 3. The zero-order valence-corrected chi connectivity index (χ0v) is 16.4. The van der Waals surface area contributed by atoms with Gasteiger partial charge in [0.15, 0.2) is 4.77 Å². The monoisotopic (exact) mass is 374 g/mol. The van der Waals surface area contributed by atoms with Gasteiger partial charge >= 0.3 is 0 Å². The molecule has 0 radical (unpaired) electrons. The van der Waals surface area contributed by atoms with E-state index in [1.54, 1.807) is 15.9 Å². The summed E-state index contributed by atoms with van der Waals surface area (Å²) in [4.78, 5) is 18.8. The molecular formula is C18H22N4OS2. The lowest BCUT2D eigenvalue weighted by molar-refractivity contribution is 0.509. The smallest absolute Gasteiger partial charge is 0.263 e. The van der Waals surface area contributed by atoms with Crippen molar-refractivity contribution in [2.75, 3.05) is 0 Å². The Hall–Kier alpha value is -1.73. The molecule has 7 heteroatoms. The summed E-state index contributed by atoms with van der Waals surface area (Å²) in [6.07, 6.45) is 5.05. The van der Waals surface area contributed by atoms with Crippen LogP contribution in [-0.2, 0) is 25.9 Å². The lowest BCUT2D eigenvalue weighted by Gasteiger charge is -2.17. The molecule has 1 aliphatic rings. The van der Waals surface area contributed by atoms with Crippen molar-refractivity contribution < 1.29 is 0 Å². The third-order valence-corrected chi connectivity index (χ3v) is 6.76. The molecule has 4 rings (SSSR count). The van der Waals surface area contributed by atoms with Crippen LogP contribution in [0.25, 0.3) is 10.2 Å². The number of H-pyrrole nitrogens is 1. The Morgan fingerprint density at radius 3 is 3.00 bits per heavy atom. The third-order valence-electron chi connectivity index (χ3n) is 5.27. The topological polar surface area (TPSA) is 55.6 Å². The molecule has 3 heterocycles. The molecule has 0 fully saturated rings. The van der Waals surface area contributed by atoms with Crippen LogP contribution in [0, 0.1) is 17.6 Å². The molecule has 0 amide bonds. The van der Waals surface area contributed by atoms with Crippen LogP contribution in [0.3, 0.4) is 0 Å². The van der Waals surface area contributed by atoms with Crippen LogP contribution in [0.4, 0.5) is 0 Å². The first kappa shape index (κ1) is 16.7. The average molecular weight is 375 g/mol. The molecule has 3 aromatic rings. The average Bonchev–Trinajstić information content (AvgIpc) is 3.10. The summed E-state index contributed by atoms with van der Waals surface area (Å²) in [6.45, 7) is 7.67. The lowest BCUT2D eigenvalue weighted by Crippen LogP contribution is -2.23. The van der Waals surface area contributed by atoms with Gasteiger partial charge in [-0.25, -0.2) is 0 Å². The van der Waals surface area contributed by atoms with Crippen molar-refractivity contribution in [3.05, 3.63) is 43.0 Å². The van der Waals surface area contributed by atoms with Crippen LogP contribution >= 0.6 is 23.6 Å². The van der Waals surface area contributed by atoms with E-state index in [1.807, 2.05) is 17.8 Å². The molecule has 1 N–H and O–H groups in total. The Morgan fingerprint density at radius 1 is 1.48 bits per heavy atom. The minimum Gasteiger partial charge on any atom is -0.323 e. The lowest BCUT2D eigenvalue weighted by atomic mass is 9.89. The van der Waals surface area contributed by atoms with E-state index < -0.39 is 0 Å². The van der Waals surface area contributed by atoms with Crippen molar-refractivity contribution in [2.45, 2.75) is 53.1 Å². The van der Waals surface area contributed by atoms with Gasteiger partial charge in [0.25, 0.3) is 5.56 Å². The quantitative estimate of drug-likeness (QED) is 0.709. The molecule has 0 spiro atoms. The molecule has 0 bridgehead atoms. The van der Waals surface area contributed by atoms with E-state index in [0.717, 1.165) is 47.3 Å². The molecule has 1 atom stereocenters. The summed E-state index contributed by atoms with van der Waals surface area (Å²) in [5.41, 5.74) is 3.41. The number of aromatic nitrogens is 4. The summed E-state index contributed by atoms with van der Waals surface area (Å²) in [5.74, 6) is 0.688. The predicted molar refractivity (Wildman–Crippen MR) is 104 cm³/mol. The van der Waals surface area contributed by atoms with Gasteiger partial charge in [-0.2, -0.15) is 5.10 Å². The van der Waals surface area contributed by atoms with Crippen LogP contribution in [0.15, 0.2) is 11.0 Å². The number of nitrogens with one attached hydrogen (secondary N) is 1. The van der Waals surface area contributed by atoms with Gasteiger partial charge in [-0.15, -0.1) is 11.3 Å². The highest BCUT2D eigenvalue weighted by Gasteiger charge is 2.23. The van der Waals surface area contributed by atoms with E-state index in [0.29, 0.717) is 17.2 Å². The first-order valence-electron chi connectivity index (χ1n) is 8.78. The summed E-state index contributed by atoms with van der Waals surface area (Å²) in [6, 6.07) is 0. The van der Waals surface area contributed by atoms with Crippen molar-refractivity contribution in [3.8, 4) is 0 Å². The highest BCUT2D eigenvalue weighted by molar-refractivity contribution is 7.71. The molecule has 5 nitrogen and oxygen atoms in total. The van der Waals surface area contributed by atoms with E-state index in [4.69, 9.17) is 12.2 Å². The Bertz CT molecular complexity index is 1070. The number of rotatable bonds is 3. The number of hydrogen-bond donors (Lipinski definition) is 1. The SMILES string of the molecule is CCn1ncc(Cn2c(=S)[nH]c3sc4c(c3c2=O)CCC(C)C4)c1C. The summed E-state index contributed by atoms with van der Waals surface area (Å²) >= 11 is 7.20. The Balaban J connectivity index is 1.86. The van der Waals surface area contributed by atoms with Crippen LogP contribution in [0.5, 0.6) is 0 Å². The van der Waals surface area contributed by atoms with Gasteiger partial charge < -0.3 is 4.98 Å². The number of hydrogen-bond acceptors (Lipinski definition) is 4.